The summed E-state index contributed by atoms with van der Waals surface area (Å²) >= 11 is 0. The SMILES string of the molecule is O=P([O-])([O-])OCC(O)CO.[K+].[K+]. The first-order valence-electron chi connectivity index (χ1n) is 2.41. The number of phosphoric acid groups is 1. The predicted molar refractivity (Wildman–Crippen MR) is 26.7 cm³/mol. The summed E-state index contributed by atoms with van der Waals surface area (Å²) in [6.07, 6.45) is -1.32. The minimum Gasteiger partial charge on any atom is -0.790 e. The Balaban J connectivity index is -0.000000405. The van der Waals surface area contributed by atoms with Gasteiger partial charge in [-0.25, -0.2) is 0 Å². The van der Waals surface area contributed by atoms with Crippen LogP contribution in [0, 0.1) is 0 Å². The zero-order valence-corrected chi connectivity index (χ0v) is 14.1. The Morgan fingerprint density at radius 2 is 1.83 bits per heavy atom. The van der Waals surface area contributed by atoms with Crippen LogP contribution >= 0.6 is 7.82 Å². The summed E-state index contributed by atoms with van der Waals surface area (Å²) in [4.78, 5) is 19.4. The van der Waals surface area contributed by atoms with Crippen LogP contribution in [0.25, 0.3) is 0 Å². The zero-order chi connectivity index (χ0) is 8.20. The van der Waals surface area contributed by atoms with Crippen molar-refractivity contribution in [1.82, 2.24) is 0 Å². The third-order valence-corrected chi connectivity index (χ3v) is 1.10. The van der Waals surface area contributed by atoms with Crippen LogP contribution in [0.1, 0.15) is 0 Å². The van der Waals surface area contributed by atoms with E-state index in [1.807, 2.05) is 0 Å². The first kappa shape index (κ1) is 20.7. The number of aliphatic hydroxyl groups is 2. The Morgan fingerprint density at radius 1 is 1.42 bits per heavy atom. The minimum atomic E-state index is -5.00. The fourth-order valence-corrected chi connectivity index (χ4v) is 0.585. The second-order valence-corrected chi connectivity index (χ2v) is 2.73. The summed E-state index contributed by atoms with van der Waals surface area (Å²) in [5, 5.41) is 16.6. The molecule has 2 N–H and O–H groups in total. The average molecular weight is 248 g/mol. The molecule has 0 aliphatic heterocycles. The van der Waals surface area contributed by atoms with E-state index in [4.69, 9.17) is 10.2 Å². The molecule has 0 spiro atoms. The number of rotatable bonds is 4. The second kappa shape index (κ2) is 10.8. The summed E-state index contributed by atoms with van der Waals surface area (Å²) in [6, 6.07) is 0. The van der Waals surface area contributed by atoms with E-state index >= 15 is 0 Å². The molecule has 0 aromatic heterocycles. The van der Waals surface area contributed by atoms with Gasteiger partial charge in [-0.15, -0.1) is 0 Å². The topological polar surface area (TPSA) is 113 Å². The normalized spacial score (nSPS) is 12.7. The molecule has 12 heavy (non-hydrogen) atoms. The minimum absolute atomic E-state index is 0. The summed E-state index contributed by atoms with van der Waals surface area (Å²) in [6.45, 7) is -1.33. The molecule has 0 aliphatic carbocycles. The molecule has 0 radical (unpaired) electrons. The van der Waals surface area contributed by atoms with E-state index < -0.39 is 27.1 Å². The van der Waals surface area contributed by atoms with Gasteiger partial charge in [0.25, 0.3) is 0 Å². The first-order chi connectivity index (χ1) is 4.45. The van der Waals surface area contributed by atoms with Crippen molar-refractivity contribution in [2.45, 2.75) is 6.10 Å². The average Bonchev–Trinajstić information content (AvgIpc) is 1.81. The summed E-state index contributed by atoms with van der Waals surface area (Å²) in [5.74, 6) is 0. The van der Waals surface area contributed by atoms with Gasteiger partial charge in [-0.05, 0) is 0 Å². The van der Waals surface area contributed by atoms with Gasteiger partial charge in [0.05, 0.1) is 21.0 Å². The van der Waals surface area contributed by atoms with Crippen molar-refractivity contribution in [2.75, 3.05) is 13.2 Å². The Labute approximate surface area is 155 Å². The molecule has 0 aromatic carbocycles. The van der Waals surface area contributed by atoms with E-state index in [2.05, 4.69) is 4.52 Å². The quantitative estimate of drug-likeness (QED) is 0.377. The number of phosphoric ester groups is 1. The number of hydrogen-bond donors (Lipinski definition) is 2. The molecule has 0 aliphatic rings. The van der Waals surface area contributed by atoms with Crippen LogP contribution < -0.4 is 113 Å². The Bertz CT molecular complexity index is 137. The molecule has 0 bridgehead atoms. The van der Waals surface area contributed by atoms with E-state index in [9.17, 15) is 14.4 Å². The van der Waals surface area contributed by atoms with Gasteiger partial charge in [0, 0.05) is 0 Å². The Morgan fingerprint density at radius 3 is 2.08 bits per heavy atom. The molecule has 0 heterocycles. The monoisotopic (exact) mass is 248 g/mol. The molecular weight excluding hydrogens is 241 g/mol. The largest absolute Gasteiger partial charge is 1.00 e. The Kier molecular flexibility index (Phi) is 18.6. The van der Waals surface area contributed by atoms with Gasteiger partial charge in [-0.3, -0.25) is 0 Å². The first-order valence-corrected chi connectivity index (χ1v) is 3.87. The van der Waals surface area contributed by atoms with Crippen molar-refractivity contribution in [1.29, 1.82) is 0 Å². The van der Waals surface area contributed by atoms with Crippen molar-refractivity contribution in [3.63, 3.8) is 0 Å². The van der Waals surface area contributed by atoms with E-state index in [0.29, 0.717) is 0 Å². The van der Waals surface area contributed by atoms with Crippen LogP contribution in [0.2, 0.25) is 0 Å². The zero-order valence-electron chi connectivity index (χ0n) is 6.97. The van der Waals surface area contributed by atoms with Gasteiger partial charge in [-0.1, -0.05) is 0 Å². The van der Waals surface area contributed by atoms with E-state index in [1.54, 1.807) is 0 Å². The third-order valence-electron chi connectivity index (χ3n) is 0.636. The maximum absolute atomic E-state index is 9.71. The van der Waals surface area contributed by atoms with Gasteiger partial charge in [-0.2, -0.15) is 0 Å². The van der Waals surface area contributed by atoms with E-state index in [1.165, 1.54) is 0 Å². The second-order valence-electron chi connectivity index (χ2n) is 1.58. The van der Waals surface area contributed by atoms with Crippen LogP contribution in [-0.2, 0) is 9.09 Å². The molecule has 0 saturated heterocycles. The molecule has 1 unspecified atom stereocenters. The number of hydrogen-bond acceptors (Lipinski definition) is 6. The van der Waals surface area contributed by atoms with Gasteiger partial charge in [0.15, 0.2) is 0 Å². The molecule has 62 valence electrons. The van der Waals surface area contributed by atoms with Gasteiger partial charge in [0.2, 0.25) is 0 Å². The summed E-state index contributed by atoms with van der Waals surface area (Å²) in [5.41, 5.74) is 0. The van der Waals surface area contributed by atoms with Crippen LogP contribution in [0.15, 0.2) is 0 Å². The third kappa shape index (κ3) is 15.8. The van der Waals surface area contributed by atoms with Gasteiger partial charge < -0.3 is 29.1 Å². The molecule has 6 nitrogen and oxygen atoms in total. The molecule has 9 heteroatoms. The standard InChI is InChI=1S/C3H9O6P.2K/c4-1-3(5)2-9-10(6,7)8;;/h3-5H,1-2H2,(H2,6,7,8);;/q;2*+1/p-2. The molecule has 0 aromatic rings. The van der Waals surface area contributed by atoms with Crippen LogP contribution in [0.4, 0.5) is 0 Å². The Hall–Kier alpha value is 3.30. The molecule has 0 rings (SSSR count). The van der Waals surface area contributed by atoms with E-state index in [0.717, 1.165) is 0 Å². The predicted octanol–water partition coefficient (Wildman–Crippen LogP) is -8.81. The molecule has 0 saturated carbocycles. The maximum Gasteiger partial charge on any atom is 1.00 e. The van der Waals surface area contributed by atoms with Gasteiger partial charge >= 0.3 is 103 Å². The summed E-state index contributed by atoms with van der Waals surface area (Å²) in [7, 11) is -5.00. The molecule has 1 atom stereocenters. The van der Waals surface area contributed by atoms with Crippen molar-refractivity contribution >= 4 is 7.82 Å². The van der Waals surface area contributed by atoms with Crippen molar-refractivity contribution < 1.29 is 132 Å². The summed E-state index contributed by atoms with van der Waals surface area (Å²) < 4.78 is 13.3. The fraction of sp³-hybridized carbons (Fsp3) is 1.00. The van der Waals surface area contributed by atoms with Gasteiger partial charge in [0.1, 0.15) is 6.10 Å². The molecular formula is C3H7K2O6P. The van der Waals surface area contributed by atoms with Crippen molar-refractivity contribution in [3.05, 3.63) is 0 Å². The van der Waals surface area contributed by atoms with Crippen molar-refractivity contribution in [3.8, 4) is 0 Å². The van der Waals surface area contributed by atoms with Crippen LogP contribution in [0.3, 0.4) is 0 Å². The van der Waals surface area contributed by atoms with Crippen molar-refractivity contribution in [2.24, 2.45) is 0 Å². The maximum atomic E-state index is 9.71. The van der Waals surface area contributed by atoms with Crippen LogP contribution in [0.5, 0.6) is 0 Å². The molecule has 0 amide bonds. The fourth-order valence-electron chi connectivity index (χ4n) is 0.230. The number of aliphatic hydroxyl groups excluding tert-OH is 2. The van der Waals surface area contributed by atoms with Crippen LogP contribution in [-0.4, -0.2) is 29.5 Å². The smallest absolute Gasteiger partial charge is 0.790 e. The molecule has 0 fully saturated rings. The van der Waals surface area contributed by atoms with E-state index in [-0.39, 0.29) is 103 Å².